The van der Waals surface area contributed by atoms with Crippen LogP contribution in [0.1, 0.15) is 39.0 Å². The molecule has 98 valence electrons. The Labute approximate surface area is 104 Å². The average molecular weight is 241 g/mol. The highest BCUT2D eigenvalue weighted by Crippen LogP contribution is 2.15. The van der Waals surface area contributed by atoms with Crippen LogP contribution in [0.3, 0.4) is 0 Å². The fourth-order valence-corrected chi connectivity index (χ4v) is 2.81. The lowest BCUT2D eigenvalue weighted by molar-refractivity contribution is -0.650. The van der Waals surface area contributed by atoms with E-state index in [1.165, 1.54) is 19.3 Å². The molecule has 0 unspecified atom stereocenters. The van der Waals surface area contributed by atoms with Gasteiger partial charge in [0.15, 0.2) is 6.54 Å². The van der Waals surface area contributed by atoms with Crippen molar-refractivity contribution in [2.45, 2.75) is 51.2 Å². The first kappa shape index (κ1) is 12.8. The van der Waals surface area contributed by atoms with Crippen molar-refractivity contribution in [3.63, 3.8) is 0 Å². The number of carbonyl (C=O) groups is 1. The minimum Gasteiger partial charge on any atom is -0.372 e. The van der Waals surface area contributed by atoms with E-state index in [9.17, 15) is 4.79 Å². The number of ether oxygens (including phenoxy) is 1. The molecule has 1 amide bonds. The van der Waals surface area contributed by atoms with Crippen LogP contribution in [-0.4, -0.2) is 49.2 Å². The topological polar surface area (TPSA) is 46.2 Å². The molecule has 0 radical (unpaired) electrons. The van der Waals surface area contributed by atoms with Gasteiger partial charge in [-0.2, -0.15) is 0 Å². The molecule has 0 spiro atoms. The maximum absolute atomic E-state index is 12.0. The lowest BCUT2D eigenvalue weighted by Crippen LogP contribution is -2.88. The third-order valence-corrected chi connectivity index (χ3v) is 3.90. The van der Waals surface area contributed by atoms with Crippen molar-refractivity contribution >= 4 is 5.91 Å². The van der Waals surface area contributed by atoms with Crippen LogP contribution >= 0.6 is 0 Å². The molecule has 2 N–H and O–H groups in total. The van der Waals surface area contributed by atoms with Crippen molar-refractivity contribution in [1.82, 2.24) is 4.90 Å². The standard InChI is InChI=1S/C13H24N2O2/c1-11-5-2-3-7-15(11)13(16)10-14-9-12-6-4-8-17-12/h11-12,14H,2-10H2,1H3/p+1/t11-,12+/m0/s1. The highest BCUT2D eigenvalue weighted by atomic mass is 16.5. The number of amides is 1. The third-order valence-electron chi connectivity index (χ3n) is 3.90. The highest BCUT2D eigenvalue weighted by Gasteiger charge is 2.24. The normalized spacial score (nSPS) is 29.6. The molecule has 4 heteroatoms. The first-order valence-corrected chi connectivity index (χ1v) is 7.00. The van der Waals surface area contributed by atoms with E-state index >= 15 is 0 Å². The molecule has 2 saturated heterocycles. The predicted octanol–water partition coefficient (Wildman–Crippen LogP) is 0.130. The summed E-state index contributed by atoms with van der Waals surface area (Å²) in [5, 5.41) is 2.11. The summed E-state index contributed by atoms with van der Waals surface area (Å²) in [5.74, 6) is 0.301. The number of hydrogen-bond acceptors (Lipinski definition) is 2. The molecule has 2 fully saturated rings. The molecular formula is C13H25N2O2+. The number of piperidine rings is 1. The Morgan fingerprint density at radius 3 is 2.94 bits per heavy atom. The zero-order valence-electron chi connectivity index (χ0n) is 10.9. The van der Waals surface area contributed by atoms with E-state index in [4.69, 9.17) is 4.74 Å². The van der Waals surface area contributed by atoms with Gasteiger partial charge in [0.25, 0.3) is 5.91 Å². The van der Waals surface area contributed by atoms with Crippen molar-refractivity contribution in [1.29, 1.82) is 0 Å². The third kappa shape index (κ3) is 3.68. The zero-order chi connectivity index (χ0) is 12.1. The number of nitrogens with two attached hydrogens (primary N) is 1. The van der Waals surface area contributed by atoms with Crippen LogP contribution in [0.2, 0.25) is 0 Å². The highest BCUT2D eigenvalue weighted by molar-refractivity contribution is 5.77. The largest absolute Gasteiger partial charge is 0.372 e. The summed E-state index contributed by atoms with van der Waals surface area (Å²) in [7, 11) is 0. The van der Waals surface area contributed by atoms with Crippen LogP contribution in [0.25, 0.3) is 0 Å². The molecule has 17 heavy (non-hydrogen) atoms. The van der Waals surface area contributed by atoms with E-state index in [1.54, 1.807) is 0 Å². The summed E-state index contributed by atoms with van der Waals surface area (Å²) in [6.45, 7) is 5.54. The summed E-state index contributed by atoms with van der Waals surface area (Å²) in [4.78, 5) is 14.1. The number of hydrogen-bond donors (Lipinski definition) is 1. The molecule has 2 aliphatic rings. The number of nitrogens with zero attached hydrogens (tertiary/aromatic N) is 1. The second-order valence-corrected chi connectivity index (χ2v) is 5.30. The number of carbonyl (C=O) groups excluding carboxylic acids is 1. The summed E-state index contributed by atoms with van der Waals surface area (Å²) in [6, 6.07) is 0.437. The summed E-state index contributed by atoms with van der Waals surface area (Å²) >= 11 is 0. The molecule has 0 aromatic carbocycles. The van der Waals surface area contributed by atoms with Gasteiger partial charge in [0.1, 0.15) is 12.6 Å². The van der Waals surface area contributed by atoms with Gasteiger partial charge < -0.3 is 15.0 Å². The van der Waals surface area contributed by atoms with Crippen LogP contribution < -0.4 is 5.32 Å². The van der Waals surface area contributed by atoms with E-state index in [-0.39, 0.29) is 0 Å². The van der Waals surface area contributed by atoms with Crippen LogP contribution in [0.4, 0.5) is 0 Å². The van der Waals surface area contributed by atoms with Crippen LogP contribution in [0.5, 0.6) is 0 Å². The van der Waals surface area contributed by atoms with Crippen molar-refractivity contribution in [2.75, 3.05) is 26.2 Å². The lowest BCUT2D eigenvalue weighted by Gasteiger charge is -2.32. The van der Waals surface area contributed by atoms with Gasteiger partial charge in [-0.05, 0) is 39.0 Å². The Bertz CT molecular complexity index is 252. The molecule has 0 aliphatic carbocycles. The van der Waals surface area contributed by atoms with Gasteiger partial charge in [-0.1, -0.05) is 0 Å². The minimum atomic E-state index is 0.301. The predicted molar refractivity (Wildman–Crippen MR) is 65.7 cm³/mol. The molecule has 2 rings (SSSR count). The van der Waals surface area contributed by atoms with Crippen molar-refractivity contribution in [3.8, 4) is 0 Å². The molecule has 2 aliphatic heterocycles. The fraction of sp³-hybridized carbons (Fsp3) is 0.923. The maximum Gasteiger partial charge on any atom is 0.277 e. The summed E-state index contributed by atoms with van der Waals surface area (Å²) in [6.07, 6.45) is 6.31. The number of likely N-dealkylation sites (tertiary alicyclic amines) is 1. The van der Waals surface area contributed by atoms with E-state index in [2.05, 4.69) is 17.1 Å². The van der Waals surface area contributed by atoms with Gasteiger partial charge in [-0.25, -0.2) is 0 Å². The Morgan fingerprint density at radius 1 is 1.35 bits per heavy atom. The monoisotopic (exact) mass is 241 g/mol. The summed E-state index contributed by atoms with van der Waals surface area (Å²) in [5.41, 5.74) is 0. The van der Waals surface area contributed by atoms with Gasteiger partial charge in [0.05, 0.1) is 0 Å². The summed E-state index contributed by atoms with van der Waals surface area (Å²) < 4.78 is 5.55. The van der Waals surface area contributed by atoms with E-state index in [0.29, 0.717) is 24.6 Å². The molecule has 2 heterocycles. The molecule has 0 aromatic rings. The SMILES string of the molecule is C[C@H]1CCCCN1C(=O)C[NH2+]C[C@H]1CCCO1. The zero-order valence-corrected chi connectivity index (χ0v) is 10.9. The maximum atomic E-state index is 12.0. The van der Waals surface area contributed by atoms with Gasteiger partial charge in [-0.3, -0.25) is 4.79 Å². The van der Waals surface area contributed by atoms with Gasteiger partial charge in [-0.15, -0.1) is 0 Å². The van der Waals surface area contributed by atoms with Gasteiger partial charge in [0.2, 0.25) is 0 Å². The van der Waals surface area contributed by atoms with E-state index in [0.717, 1.165) is 32.5 Å². The Morgan fingerprint density at radius 2 is 2.24 bits per heavy atom. The van der Waals surface area contributed by atoms with Crippen molar-refractivity contribution in [2.24, 2.45) is 0 Å². The first-order valence-electron chi connectivity index (χ1n) is 7.00. The smallest absolute Gasteiger partial charge is 0.277 e. The Kier molecular flexibility index (Phi) is 4.80. The van der Waals surface area contributed by atoms with Crippen LogP contribution in [-0.2, 0) is 9.53 Å². The molecular weight excluding hydrogens is 216 g/mol. The van der Waals surface area contributed by atoms with Gasteiger partial charge >= 0.3 is 0 Å². The molecule has 4 nitrogen and oxygen atoms in total. The molecule has 2 atom stereocenters. The van der Waals surface area contributed by atoms with Crippen molar-refractivity contribution < 1.29 is 14.8 Å². The molecule has 0 aromatic heterocycles. The minimum absolute atomic E-state index is 0.301. The molecule has 0 saturated carbocycles. The van der Waals surface area contributed by atoms with Crippen LogP contribution in [0.15, 0.2) is 0 Å². The Hall–Kier alpha value is -0.610. The van der Waals surface area contributed by atoms with E-state index in [1.807, 2.05) is 0 Å². The number of rotatable bonds is 4. The first-order chi connectivity index (χ1) is 8.27. The van der Waals surface area contributed by atoms with Crippen molar-refractivity contribution in [3.05, 3.63) is 0 Å². The van der Waals surface area contributed by atoms with Crippen LogP contribution in [0, 0.1) is 0 Å². The second kappa shape index (κ2) is 6.36. The number of quaternary nitrogens is 1. The lowest BCUT2D eigenvalue weighted by atomic mass is 10.0. The fourth-order valence-electron chi connectivity index (χ4n) is 2.81. The van der Waals surface area contributed by atoms with Gasteiger partial charge in [0, 0.05) is 19.2 Å². The average Bonchev–Trinajstić information content (AvgIpc) is 2.82. The Balaban J connectivity index is 1.65. The quantitative estimate of drug-likeness (QED) is 0.760. The van der Waals surface area contributed by atoms with E-state index < -0.39 is 0 Å². The molecule has 0 bridgehead atoms. The second-order valence-electron chi connectivity index (χ2n) is 5.30.